The van der Waals surface area contributed by atoms with Gasteiger partial charge in [-0.15, -0.1) is 0 Å². The molecule has 0 spiro atoms. The number of rotatable bonds is 13. The van der Waals surface area contributed by atoms with Gasteiger partial charge in [-0.25, -0.2) is 4.79 Å². The lowest BCUT2D eigenvalue weighted by Gasteiger charge is -2.42. The first-order valence-electron chi connectivity index (χ1n) is 11.4. The summed E-state index contributed by atoms with van der Waals surface area (Å²) in [6.07, 6.45) is 21.1. The van der Waals surface area contributed by atoms with E-state index in [0.717, 1.165) is 13.5 Å². The zero-order valence-corrected chi connectivity index (χ0v) is 20.4. The molecule has 0 aromatic heterocycles. The molecule has 6 heteroatoms. The Bertz CT molecular complexity index is 582. The highest BCUT2D eigenvalue weighted by molar-refractivity contribution is 14.1. The molecule has 2 fully saturated rings. The number of allylic oxidation sites excluding steroid dienone is 3. The molecule has 1 unspecified atom stereocenters. The van der Waals surface area contributed by atoms with E-state index in [9.17, 15) is 20.1 Å². The lowest BCUT2D eigenvalue weighted by molar-refractivity contribution is -0.238. The molecule has 0 heterocycles. The smallest absolute Gasteiger partial charge is 0.369 e. The van der Waals surface area contributed by atoms with Crippen molar-refractivity contribution in [1.82, 2.24) is 0 Å². The molecule has 2 aliphatic carbocycles. The molecule has 3 N–H and O–H groups in total. The summed E-state index contributed by atoms with van der Waals surface area (Å²) < 4.78 is 5.57. The molecule has 5 nitrogen and oxygen atoms in total. The van der Waals surface area contributed by atoms with Gasteiger partial charge in [-0.2, -0.15) is 0 Å². The van der Waals surface area contributed by atoms with Crippen LogP contribution in [0.15, 0.2) is 24.3 Å². The van der Waals surface area contributed by atoms with Gasteiger partial charge in [-0.3, -0.25) is 0 Å². The van der Waals surface area contributed by atoms with Crippen LogP contribution in [0, 0.1) is 17.3 Å². The highest BCUT2D eigenvalue weighted by Gasteiger charge is 2.42. The van der Waals surface area contributed by atoms with Gasteiger partial charge in [0.05, 0.1) is 7.11 Å². The fourth-order valence-electron chi connectivity index (χ4n) is 4.88. The zero-order valence-electron chi connectivity index (χ0n) is 18.3. The standard InChI is InChI=1S/C24H39IO5/c1-30-22(27)24(28,29)21(26)13-3-2-9-19-10-6-11-20(19)12-7-15-23(16-8-17-23)14-4-5-18-25/h2-3,7,12,19-21,26,28-29H,4-6,8-11,13-18H2,1H3/t19-,20+,21?/m0/s1. The number of methoxy groups -OCH3 is 1. The van der Waals surface area contributed by atoms with Gasteiger partial charge in [0, 0.05) is 0 Å². The Balaban J connectivity index is 1.77. The average Bonchev–Trinajstić information content (AvgIpc) is 3.15. The molecule has 2 aliphatic rings. The van der Waals surface area contributed by atoms with Gasteiger partial charge in [0.25, 0.3) is 5.79 Å². The molecule has 0 bridgehead atoms. The molecule has 0 aromatic rings. The Morgan fingerprint density at radius 2 is 1.97 bits per heavy atom. The molecule has 0 amide bonds. The van der Waals surface area contributed by atoms with Crippen LogP contribution in [-0.2, 0) is 9.53 Å². The topological polar surface area (TPSA) is 87.0 Å². The van der Waals surface area contributed by atoms with E-state index < -0.39 is 17.9 Å². The molecule has 3 atom stereocenters. The predicted molar refractivity (Wildman–Crippen MR) is 127 cm³/mol. The number of alkyl halides is 1. The van der Waals surface area contributed by atoms with Gasteiger partial charge in [0.2, 0.25) is 0 Å². The number of hydrogen-bond acceptors (Lipinski definition) is 5. The van der Waals surface area contributed by atoms with E-state index in [2.05, 4.69) is 39.5 Å². The van der Waals surface area contributed by atoms with Gasteiger partial charge >= 0.3 is 5.97 Å². The lowest BCUT2D eigenvalue weighted by Crippen LogP contribution is -2.50. The summed E-state index contributed by atoms with van der Waals surface area (Å²) in [7, 11) is 1.05. The summed E-state index contributed by atoms with van der Waals surface area (Å²) in [4.78, 5) is 11.3. The van der Waals surface area contributed by atoms with Crippen molar-refractivity contribution in [2.75, 3.05) is 11.5 Å². The summed E-state index contributed by atoms with van der Waals surface area (Å²) in [5, 5.41) is 29.2. The van der Waals surface area contributed by atoms with Gasteiger partial charge in [-0.1, -0.05) is 66.2 Å². The normalized spacial score (nSPS) is 25.0. The minimum atomic E-state index is -2.87. The third kappa shape index (κ3) is 7.31. The number of carbonyl (C=O) groups excluding carboxylic acids is 1. The van der Waals surface area contributed by atoms with Gasteiger partial charge in [0.1, 0.15) is 6.10 Å². The van der Waals surface area contributed by atoms with E-state index in [1.807, 2.05) is 6.08 Å². The second kappa shape index (κ2) is 12.6. The lowest BCUT2D eigenvalue weighted by atomic mass is 9.64. The Kier molecular flexibility index (Phi) is 10.8. The van der Waals surface area contributed by atoms with Crippen molar-refractivity contribution in [2.45, 2.75) is 88.9 Å². The van der Waals surface area contributed by atoms with Crippen LogP contribution in [0.1, 0.15) is 77.0 Å². The van der Waals surface area contributed by atoms with Crippen LogP contribution in [0.5, 0.6) is 0 Å². The maximum atomic E-state index is 11.3. The molecule has 0 radical (unpaired) electrons. The number of ether oxygens (including phenoxy) is 1. The van der Waals surface area contributed by atoms with Crippen molar-refractivity contribution in [1.29, 1.82) is 0 Å². The van der Waals surface area contributed by atoms with Crippen LogP contribution in [0.25, 0.3) is 0 Å². The summed E-state index contributed by atoms with van der Waals surface area (Å²) in [6, 6.07) is 0. The third-order valence-electron chi connectivity index (χ3n) is 7.07. The second-order valence-electron chi connectivity index (χ2n) is 9.16. The first-order chi connectivity index (χ1) is 14.3. The van der Waals surface area contributed by atoms with Crippen molar-refractivity contribution >= 4 is 28.6 Å². The number of hydrogen-bond donors (Lipinski definition) is 3. The second-order valence-corrected chi connectivity index (χ2v) is 10.2. The molecule has 2 rings (SSSR count). The SMILES string of the molecule is COC(=O)C(O)(O)C(O)CC=CC[C@H]1CCC[C@@H]1C=CCC1(CCCCI)CCC1. The molecular formula is C24H39IO5. The number of carbonyl (C=O) groups is 1. The predicted octanol–water partition coefficient (Wildman–Crippen LogP) is 4.68. The highest BCUT2D eigenvalue weighted by Crippen LogP contribution is 2.48. The number of aliphatic hydroxyl groups excluding tert-OH is 1. The minimum Gasteiger partial charge on any atom is -0.465 e. The van der Waals surface area contributed by atoms with Crippen molar-refractivity contribution in [3.8, 4) is 0 Å². The molecular weight excluding hydrogens is 495 g/mol. The fourth-order valence-corrected chi connectivity index (χ4v) is 5.42. The van der Waals surface area contributed by atoms with E-state index >= 15 is 0 Å². The Morgan fingerprint density at radius 3 is 2.60 bits per heavy atom. The molecule has 2 saturated carbocycles. The fraction of sp³-hybridized carbons (Fsp3) is 0.792. The summed E-state index contributed by atoms with van der Waals surface area (Å²) >= 11 is 2.47. The highest BCUT2D eigenvalue weighted by atomic mass is 127. The van der Waals surface area contributed by atoms with Gasteiger partial charge in [0.15, 0.2) is 0 Å². The summed E-state index contributed by atoms with van der Waals surface area (Å²) in [5.41, 5.74) is 0.577. The first-order valence-corrected chi connectivity index (χ1v) is 13.0. The van der Waals surface area contributed by atoms with E-state index in [1.54, 1.807) is 6.08 Å². The van der Waals surface area contributed by atoms with Crippen molar-refractivity contribution in [3.05, 3.63) is 24.3 Å². The number of aliphatic hydroxyl groups is 3. The van der Waals surface area contributed by atoms with Crippen LogP contribution in [-0.4, -0.2) is 44.7 Å². The van der Waals surface area contributed by atoms with Crippen molar-refractivity contribution in [3.63, 3.8) is 0 Å². The number of unbranched alkanes of at least 4 members (excludes halogenated alkanes) is 1. The molecule has 0 aliphatic heterocycles. The van der Waals surface area contributed by atoms with Gasteiger partial charge in [-0.05, 0) is 79.5 Å². The maximum absolute atomic E-state index is 11.3. The van der Waals surface area contributed by atoms with Crippen LogP contribution in [0.4, 0.5) is 0 Å². The first kappa shape index (κ1) is 25.8. The Labute approximate surface area is 195 Å². The molecule has 0 saturated heterocycles. The van der Waals surface area contributed by atoms with Crippen molar-refractivity contribution < 1.29 is 24.9 Å². The Morgan fingerprint density at radius 1 is 1.20 bits per heavy atom. The van der Waals surface area contributed by atoms with Crippen LogP contribution >= 0.6 is 22.6 Å². The summed E-state index contributed by atoms with van der Waals surface area (Å²) in [6.45, 7) is 0. The third-order valence-corrected chi connectivity index (χ3v) is 7.84. The Hall–Kier alpha value is -0.440. The van der Waals surface area contributed by atoms with Crippen molar-refractivity contribution in [2.24, 2.45) is 17.3 Å². The van der Waals surface area contributed by atoms with Gasteiger partial charge < -0.3 is 20.1 Å². The minimum absolute atomic E-state index is 0.00489. The molecule has 0 aromatic carbocycles. The van der Waals surface area contributed by atoms with E-state index in [0.29, 0.717) is 17.3 Å². The number of halogens is 1. The van der Waals surface area contributed by atoms with E-state index in [-0.39, 0.29) is 6.42 Å². The van der Waals surface area contributed by atoms with Crippen LogP contribution < -0.4 is 0 Å². The monoisotopic (exact) mass is 534 g/mol. The number of esters is 1. The maximum Gasteiger partial charge on any atom is 0.369 e. The molecule has 172 valence electrons. The average molecular weight is 534 g/mol. The summed E-state index contributed by atoms with van der Waals surface area (Å²) in [5.74, 6) is -2.91. The largest absolute Gasteiger partial charge is 0.465 e. The van der Waals surface area contributed by atoms with E-state index in [1.165, 1.54) is 68.6 Å². The molecule has 30 heavy (non-hydrogen) atoms. The quantitative estimate of drug-likeness (QED) is 0.0798. The van der Waals surface area contributed by atoms with Crippen LogP contribution in [0.3, 0.4) is 0 Å². The zero-order chi connectivity index (χ0) is 22.0. The van der Waals surface area contributed by atoms with Crippen LogP contribution in [0.2, 0.25) is 0 Å². The van der Waals surface area contributed by atoms with E-state index in [4.69, 9.17) is 0 Å².